The first-order valence-electron chi connectivity index (χ1n) is 5.92. The van der Waals surface area contributed by atoms with E-state index in [1.807, 2.05) is 13.0 Å². The van der Waals surface area contributed by atoms with Crippen molar-refractivity contribution in [2.24, 2.45) is 5.41 Å². The van der Waals surface area contributed by atoms with Crippen molar-refractivity contribution >= 4 is 21.7 Å². The van der Waals surface area contributed by atoms with Gasteiger partial charge in [0.25, 0.3) is 0 Å². The van der Waals surface area contributed by atoms with Crippen LogP contribution in [0.15, 0.2) is 6.20 Å². The molecule has 1 aromatic heterocycles. The number of aromatic nitrogens is 2. The zero-order chi connectivity index (χ0) is 13.8. The molecule has 0 saturated carbocycles. The number of nitriles is 1. The van der Waals surface area contributed by atoms with E-state index in [0.717, 1.165) is 29.8 Å². The summed E-state index contributed by atoms with van der Waals surface area (Å²) in [6, 6.07) is 1.99. The highest BCUT2D eigenvalue weighted by molar-refractivity contribution is 9.09. The van der Waals surface area contributed by atoms with Crippen molar-refractivity contribution in [2.75, 3.05) is 23.3 Å². The highest BCUT2D eigenvalue weighted by Crippen LogP contribution is 2.22. The molecule has 1 rings (SSSR count). The van der Waals surface area contributed by atoms with Crippen molar-refractivity contribution in [1.82, 2.24) is 9.97 Å². The molecule has 18 heavy (non-hydrogen) atoms. The Morgan fingerprint density at radius 1 is 1.44 bits per heavy atom. The van der Waals surface area contributed by atoms with E-state index in [1.165, 1.54) is 0 Å². The fourth-order valence-electron chi connectivity index (χ4n) is 1.74. The van der Waals surface area contributed by atoms with Crippen molar-refractivity contribution < 1.29 is 0 Å². The Kier molecular flexibility index (Phi) is 5.09. The molecule has 4 nitrogen and oxygen atoms in total. The first-order chi connectivity index (χ1) is 8.37. The summed E-state index contributed by atoms with van der Waals surface area (Å²) in [5.74, 6) is 1.08. The maximum atomic E-state index is 8.89. The minimum absolute atomic E-state index is 0.173. The van der Waals surface area contributed by atoms with Crippen molar-refractivity contribution in [1.29, 1.82) is 5.26 Å². The minimum Gasteiger partial charge on any atom is -0.355 e. The number of rotatable bonds is 4. The van der Waals surface area contributed by atoms with E-state index in [4.69, 9.17) is 5.26 Å². The predicted molar refractivity (Wildman–Crippen MR) is 76.9 cm³/mol. The second-order valence-electron chi connectivity index (χ2n) is 5.48. The summed E-state index contributed by atoms with van der Waals surface area (Å²) in [4.78, 5) is 10.5. The summed E-state index contributed by atoms with van der Waals surface area (Å²) in [5, 5.41) is 9.76. The van der Waals surface area contributed by atoms with Crippen LogP contribution in [0.2, 0.25) is 0 Å². The summed E-state index contributed by atoms with van der Waals surface area (Å²) in [7, 11) is 0. The molecule has 98 valence electrons. The van der Waals surface area contributed by atoms with Gasteiger partial charge in [-0.1, -0.05) is 36.7 Å². The van der Waals surface area contributed by atoms with Crippen LogP contribution in [-0.2, 0) is 0 Å². The van der Waals surface area contributed by atoms with Gasteiger partial charge in [-0.25, -0.2) is 9.97 Å². The molecule has 1 heterocycles. The molecule has 0 atom stereocenters. The van der Waals surface area contributed by atoms with Crippen LogP contribution >= 0.6 is 15.9 Å². The Balaban J connectivity index is 3.09. The molecule has 0 aliphatic heterocycles. The van der Waals surface area contributed by atoms with Crippen LogP contribution in [0.4, 0.5) is 5.82 Å². The molecule has 0 amide bonds. The van der Waals surface area contributed by atoms with Crippen LogP contribution in [0.25, 0.3) is 0 Å². The van der Waals surface area contributed by atoms with Crippen LogP contribution < -0.4 is 4.90 Å². The highest BCUT2D eigenvalue weighted by Gasteiger charge is 2.19. The lowest BCUT2D eigenvalue weighted by atomic mass is 9.96. The van der Waals surface area contributed by atoms with E-state index in [9.17, 15) is 0 Å². The van der Waals surface area contributed by atoms with Gasteiger partial charge < -0.3 is 4.90 Å². The smallest absolute Gasteiger partial charge is 0.234 e. The minimum atomic E-state index is 0.173. The lowest BCUT2D eigenvalue weighted by molar-refractivity contribution is 0.411. The summed E-state index contributed by atoms with van der Waals surface area (Å²) in [6.07, 6.45) is 1.71. The van der Waals surface area contributed by atoms with Gasteiger partial charge in [0, 0.05) is 30.2 Å². The highest BCUT2D eigenvalue weighted by atomic mass is 79.9. The first-order valence-corrected chi connectivity index (χ1v) is 7.04. The van der Waals surface area contributed by atoms with Crippen LogP contribution in [0.3, 0.4) is 0 Å². The molecule has 0 aliphatic carbocycles. The van der Waals surface area contributed by atoms with E-state index in [1.54, 1.807) is 6.20 Å². The molecule has 0 spiro atoms. The lowest BCUT2D eigenvalue weighted by Gasteiger charge is -2.31. The SMILES string of the molecule is Cc1cnc(C#N)nc1N(CCBr)CC(C)(C)C. The third-order valence-corrected chi connectivity index (χ3v) is 2.72. The quantitative estimate of drug-likeness (QED) is 0.802. The molecule has 0 N–H and O–H groups in total. The van der Waals surface area contributed by atoms with Crippen LogP contribution in [0, 0.1) is 23.7 Å². The molecule has 0 fully saturated rings. The first kappa shape index (κ1) is 14.9. The fourth-order valence-corrected chi connectivity index (χ4v) is 2.17. The number of hydrogen-bond donors (Lipinski definition) is 0. The Labute approximate surface area is 117 Å². The number of nitrogens with zero attached hydrogens (tertiary/aromatic N) is 4. The topological polar surface area (TPSA) is 52.8 Å². The molecule has 0 bridgehead atoms. The van der Waals surface area contributed by atoms with Gasteiger partial charge in [0.2, 0.25) is 5.82 Å². The monoisotopic (exact) mass is 310 g/mol. The molecule has 0 saturated heterocycles. The van der Waals surface area contributed by atoms with Crippen molar-refractivity contribution in [3.63, 3.8) is 0 Å². The van der Waals surface area contributed by atoms with Crippen LogP contribution in [-0.4, -0.2) is 28.4 Å². The third-order valence-electron chi connectivity index (χ3n) is 2.36. The Morgan fingerprint density at radius 3 is 2.61 bits per heavy atom. The van der Waals surface area contributed by atoms with Gasteiger partial charge in [0.15, 0.2) is 0 Å². The van der Waals surface area contributed by atoms with E-state index < -0.39 is 0 Å². The molecular formula is C13H19BrN4. The number of alkyl halides is 1. The van der Waals surface area contributed by atoms with Gasteiger partial charge in [-0.15, -0.1) is 0 Å². The van der Waals surface area contributed by atoms with Gasteiger partial charge in [0.1, 0.15) is 11.9 Å². The molecular weight excluding hydrogens is 292 g/mol. The molecule has 0 unspecified atom stereocenters. The Hall–Kier alpha value is -1.15. The maximum absolute atomic E-state index is 8.89. The van der Waals surface area contributed by atoms with Gasteiger partial charge >= 0.3 is 0 Å². The summed E-state index contributed by atoms with van der Waals surface area (Å²) < 4.78 is 0. The van der Waals surface area contributed by atoms with E-state index in [-0.39, 0.29) is 11.2 Å². The number of anilines is 1. The standard InChI is InChI=1S/C13H19BrN4/c1-10-8-16-11(7-15)17-12(10)18(6-5-14)9-13(2,3)4/h8H,5-6,9H2,1-4H3. The molecule has 0 aromatic carbocycles. The second-order valence-corrected chi connectivity index (χ2v) is 6.28. The van der Waals surface area contributed by atoms with E-state index in [2.05, 4.69) is 51.6 Å². The van der Waals surface area contributed by atoms with Crippen LogP contribution in [0.5, 0.6) is 0 Å². The zero-order valence-corrected chi connectivity index (χ0v) is 13.0. The third kappa shape index (κ3) is 4.26. The average molecular weight is 311 g/mol. The average Bonchev–Trinajstić information content (AvgIpc) is 2.27. The largest absolute Gasteiger partial charge is 0.355 e. The lowest BCUT2D eigenvalue weighted by Crippen LogP contribution is -2.35. The zero-order valence-electron chi connectivity index (χ0n) is 11.4. The normalized spacial score (nSPS) is 11.1. The Bertz CT molecular complexity index is 445. The molecule has 1 aromatic rings. The number of halogens is 1. The molecule has 0 aliphatic rings. The van der Waals surface area contributed by atoms with Crippen LogP contribution in [0.1, 0.15) is 32.2 Å². The van der Waals surface area contributed by atoms with Crippen molar-refractivity contribution in [3.05, 3.63) is 17.6 Å². The van der Waals surface area contributed by atoms with Crippen molar-refractivity contribution in [3.8, 4) is 6.07 Å². The van der Waals surface area contributed by atoms with Gasteiger partial charge in [-0.3, -0.25) is 0 Å². The molecule has 0 radical (unpaired) electrons. The summed E-state index contributed by atoms with van der Waals surface area (Å²) in [6.45, 7) is 10.3. The second kappa shape index (κ2) is 6.14. The van der Waals surface area contributed by atoms with Gasteiger partial charge in [-0.05, 0) is 12.3 Å². The predicted octanol–water partition coefficient (Wildman–Crippen LogP) is 2.90. The van der Waals surface area contributed by atoms with Gasteiger partial charge in [0.05, 0.1) is 0 Å². The van der Waals surface area contributed by atoms with E-state index >= 15 is 0 Å². The summed E-state index contributed by atoms with van der Waals surface area (Å²) in [5.41, 5.74) is 1.17. The summed E-state index contributed by atoms with van der Waals surface area (Å²) >= 11 is 3.46. The van der Waals surface area contributed by atoms with Gasteiger partial charge in [-0.2, -0.15) is 5.26 Å². The molecule has 5 heteroatoms. The number of hydrogen-bond acceptors (Lipinski definition) is 4. The fraction of sp³-hybridized carbons (Fsp3) is 0.615. The number of aryl methyl sites for hydroxylation is 1. The maximum Gasteiger partial charge on any atom is 0.234 e. The van der Waals surface area contributed by atoms with Crippen molar-refractivity contribution in [2.45, 2.75) is 27.7 Å². The van der Waals surface area contributed by atoms with E-state index in [0.29, 0.717) is 0 Å². The Morgan fingerprint density at radius 2 is 2.11 bits per heavy atom.